The lowest BCUT2D eigenvalue weighted by atomic mass is 10.3. The molecule has 0 saturated heterocycles. The van der Waals surface area contributed by atoms with Crippen molar-refractivity contribution in [1.82, 2.24) is 0 Å². The van der Waals surface area contributed by atoms with Gasteiger partial charge in [-0.25, -0.2) is 0 Å². The van der Waals surface area contributed by atoms with E-state index in [4.69, 9.17) is 22.2 Å². The number of hydrogen-bond donors (Lipinski definition) is 0. The molecule has 0 N–H and O–H groups in total. The van der Waals surface area contributed by atoms with E-state index >= 15 is 0 Å². The van der Waals surface area contributed by atoms with Gasteiger partial charge < -0.3 is 0 Å². The minimum absolute atomic E-state index is 0.570. The summed E-state index contributed by atoms with van der Waals surface area (Å²) in [5.74, 6) is 0. The lowest BCUT2D eigenvalue weighted by Crippen LogP contribution is -2.21. The molecule has 3 heteroatoms. The third kappa shape index (κ3) is 3.49. The average Bonchev–Trinajstić information content (AvgIpc) is 1.65. The molecule has 0 spiro atoms. The predicted octanol–water partition coefficient (Wildman–Crippen LogP) is 3.73. The smallest absolute Gasteiger partial charge is 0.146 e. The zero-order valence-corrected chi connectivity index (χ0v) is 8.76. The van der Waals surface area contributed by atoms with Crippen molar-refractivity contribution in [3.8, 4) is 0 Å². The van der Waals surface area contributed by atoms with Crippen molar-refractivity contribution >= 4 is 28.9 Å². The Labute approximate surface area is 68.0 Å². The molecular weight excluding hydrogens is 171 g/mol. The van der Waals surface area contributed by atoms with E-state index in [0.717, 1.165) is 12.8 Å². The number of rotatable bonds is 3. The molecule has 0 aromatic carbocycles. The van der Waals surface area contributed by atoms with Crippen LogP contribution in [-0.2, 0) is 0 Å². The van der Waals surface area contributed by atoms with Gasteiger partial charge in [0.1, 0.15) is 0 Å². The van der Waals surface area contributed by atoms with E-state index in [1.807, 2.05) is 6.55 Å². The maximum absolute atomic E-state index is 6.00. The second-order valence-corrected chi connectivity index (χ2v) is 10.5. The summed E-state index contributed by atoms with van der Waals surface area (Å²) in [7, 11) is 0. The maximum atomic E-state index is 6.00. The molecule has 0 aliphatic carbocycles. The first-order chi connectivity index (χ1) is 4.02. The van der Waals surface area contributed by atoms with Gasteiger partial charge in [-0.3, -0.25) is 0 Å². The monoisotopic (exact) mass is 184 g/mol. The van der Waals surface area contributed by atoms with Crippen molar-refractivity contribution in [2.45, 2.75) is 38.8 Å². The van der Waals surface area contributed by atoms with Gasteiger partial charge >= 0.3 is 0 Å². The van der Waals surface area contributed by atoms with E-state index in [1.54, 1.807) is 0 Å². The van der Waals surface area contributed by atoms with Crippen LogP contribution in [-0.4, -0.2) is 6.69 Å². The number of halogens is 2. The van der Waals surface area contributed by atoms with Crippen molar-refractivity contribution in [3.05, 3.63) is 0 Å². The fraction of sp³-hybridized carbons (Fsp3) is 1.00. The summed E-state index contributed by atoms with van der Waals surface area (Å²) < 4.78 is 0. The molecule has 9 heavy (non-hydrogen) atoms. The highest BCUT2D eigenvalue weighted by Crippen LogP contribution is 2.34. The van der Waals surface area contributed by atoms with E-state index < -0.39 is 6.69 Å². The van der Waals surface area contributed by atoms with Gasteiger partial charge in [-0.1, -0.05) is 26.7 Å². The van der Waals surface area contributed by atoms with E-state index in [0.29, 0.717) is 5.54 Å². The van der Waals surface area contributed by atoms with Crippen LogP contribution in [0.5, 0.6) is 0 Å². The molecule has 0 heterocycles. The molecule has 0 unspecified atom stereocenters. The molecule has 0 fully saturated rings. The van der Waals surface area contributed by atoms with E-state index in [9.17, 15) is 0 Å². The lowest BCUT2D eigenvalue weighted by molar-refractivity contribution is 0.753. The van der Waals surface area contributed by atoms with E-state index in [1.165, 1.54) is 0 Å². The molecule has 0 rings (SSSR count). The molecule has 0 atom stereocenters. The van der Waals surface area contributed by atoms with Gasteiger partial charge in [0.25, 0.3) is 6.69 Å². The highest BCUT2D eigenvalue weighted by atomic mass is 35.7. The average molecular weight is 185 g/mol. The van der Waals surface area contributed by atoms with Crippen LogP contribution >= 0.6 is 22.2 Å². The highest BCUT2D eigenvalue weighted by molar-refractivity contribution is 7.45. The molecule has 0 aromatic heterocycles. The highest BCUT2D eigenvalue weighted by Gasteiger charge is 2.29. The summed E-state index contributed by atoms with van der Waals surface area (Å²) in [6.45, 7) is 4.44. The zero-order chi connectivity index (χ0) is 7.49. The Balaban J connectivity index is 3.79. The van der Waals surface area contributed by atoms with Crippen LogP contribution in [0.25, 0.3) is 0 Å². The van der Waals surface area contributed by atoms with Crippen molar-refractivity contribution in [3.63, 3.8) is 0 Å². The Kier molecular flexibility index (Phi) is 4.18. The van der Waals surface area contributed by atoms with Crippen LogP contribution in [0.1, 0.15) is 26.7 Å². The molecule has 0 radical (unpaired) electrons. The first-order valence-corrected chi connectivity index (χ1v) is 8.00. The van der Waals surface area contributed by atoms with Gasteiger partial charge in [0.05, 0.1) is 0 Å². The van der Waals surface area contributed by atoms with Gasteiger partial charge in [-0.15, -0.1) is 22.2 Å². The normalized spacial score (nSPS) is 12.7. The Bertz CT molecular complexity index is 73.6. The summed E-state index contributed by atoms with van der Waals surface area (Å²) in [5.41, 5.74) is 0.570. The number of hydrogen-bond acceptors (Lipinski definition) is 0. The Morgan fingerprint density at radius 3 is 1.56 bits per heavy atom. The van der Waals surface area contributed by atoms with Crippen LogP contribution in [0.2, 0.25) is 12.1 Å². The van der Waals surface area contributed by atoms with Crippen molar-refractivity contribution < 1.29 is 0 Å². The zero-order valence-electron chi connectivity index (χ0n) is 6.25. The molecule has 0 aliphatic rings. The van der Waals surface area contributed by atoms with E-state index in [-0.39, 0.29) is 0 Å². The molecule has 0 saturated carbocycles. The van der Waals surface area contributed by atoms with Crippen LogP contribution < -0.4 is 0 Å². The van der Waals surface area contributed by atoms with Crippen LogP contribution in [0.3, 0.4) is 0 Å². The topological polar surface area (TPSA) is 0 Å². The molecule has 56 valence electrons. The SMILES string of the molecule is CCC(CC)[Si](C)(Cl)Cl. The fourth-order valence-corrected chi connectivity index (χ4v) is 4.29. The van der Waals surface area contributed by atoms with Crippen LogP contribution in [0.4, 0.5) is 0 Å². The minimum atomic E-state index is -1.84. The van der Waals surface area contributed by atoms with Crippen molar-refractivity contribution in [2.75, 3.05) is 0 Å². The molecular formula is C6H14Cl2Si. The minimum Gasteiger partial charge on any atom is -0.146 e. The Morgan fingerprint density at radius 1 is 1.22 bits per heavy atom. The van der Waals surface area contributed by atoms with Crippen LogP contribution in [0.15, 0.2) is 0 Å². The molecule has 0 nitrogen and oxygen atoms in total. The molecule has 0 aromatic rings. The second-order valence-electron chi connectivity index (χ2n) is 2.47. The molecule has 0 amide bonds. The first kappa shape index (κ1) is 9.80. The van der Waals surface area contributed by atoms with Gasteiger partial charge in [0.15, 0.2) is 0 Å². The third-order valence-electron chi connectivity index (χ3n) is 1.70. The Morgan fingerprint density at radius 2 is 1.56 bits per heavy atom. The largest absolute Gasteiger partial charge is 0.251 e. The first-order valence-electron chi connectivity index (χ1n) is 3.40. The summed E-state index contributed by atoms with van der Waals surface area (Å²) in [6.07, 6.45) is 2.23. The van der Waals surface area contributed by atoms with Gasteiger partial charge in [-0.2, -0.15) is 0 Å². The quantitative estimate of drug-likeness (QED) is 0.464. The van der Waals surface area contributed by atoms with Crippen molar-refractivity contribution in [2.24, 2.45) is 0 Å². The van der Waals surface area contributed by atoms with Crippen LogP contribution in [0, 0.1) is 0 Å². The van der Waals surface area contributed by atoms with Gasteiger partial charge in [0, 0.05) is 0 Å². The van der Waals surface area contributed by atoms with E-state index in [2.05, 4.69) is 13.8 Å². The lowest BCUT2D eigenvalue weighted by Gasteiger charge is -2.20. The predicted molar refractivity (Wildman–Crippen MR) is 47.7 cm³/mol. The summed E-state index contributed by atoms with van der Waals surface area (Å²) >= 11 is 12.0. The summed E-state index contributed by atoms with van der Waals surface area (Å²) in [5, 5.41) is 0. The summed E-state index contributed by atoms with van der Waals surface area (Å²) in [4.78, 5) is 0. The third-order valence-corrected chi connectivity index (χ3v) is 5.80. The summed E-state index contributed by atoms with van der Waals surface area (Å²) in [6, 6.07) is 0. The van der Waals surface area contributed by atoms with Gasteiger partial charge in [-0.05, 0) is 12.1 Å². The molecule has 0 bridgehead atoms. The maximum Gasteiger partial charge on any atom is 0.251 e. The van der Waals surface area contributed by atoms with Crippen molar-refractivity contribution in [1.29, 1.82) is 0 Å². The molecule has 0 aliphatic heterocycles. The standard InChI is InChI=1S/C6H14Cl2Si/c1-4-6(5-2)9(3,7)8/h6H,4-5H2,1-3H3. The Hall–Kier alpha value is 0.797. The van der Waals surface area contributed by atoms with Gasteiger partial charge in [0.2, 0.25) is 0 Å². The second kappa shape index (κ2) is 3.84. The fourth-order valence-electron chi connectivity index (χ4n) is 1.01.